The second kappa shape index (κ2) is 10.0. The minimum atomic E-state index is -0.942. The van der Waals surface area contributed by atoms with E-state index in [1.54, 1.807) is 0 Å². The number of aliphatic hydroxyl groups is 1. The number of carboxylic acids is 2. The molecule has 198 valence electrons. The average molecular weight is 492 g/mol. The normalized spacial score (nSPS) is 43.4. The summed E-state index contributed by atoms with van der Waals surface area (Å²) >= 11 is 0. The Kier molecular flexibility index (Phi) is 7.57. The van der Waals surface area contributed by atoms with Gasteiger partial charge in [0.25, 0.3) is 0 Å². The van der Waals surface area contributed by atoms with Gasteiger partial charge in [-0.3, -0.25) is 14.4 Å². The van der Waals surface area contributed by atoms with Gasteiger partial charge in [0.05, 0.1) is 12.5 Å². The first-order valence-electron chi connectivity index (χ1n) is 13.9. The molecule has 1 amide bonds. The molecule has 7 heteroatoms. The number of carboxylic acid groups (broad SMARTS) is 2. The van der Waals surface area contributed by atoms with Crippen LogP contribution in [0.4, 0.5) is 0 Å². The Morgan fingerprint density at radius 2 is 1.63 bits per heavy atom. The van der Waals surface area contributed by atoms with Gasteiger partial charge in [0.2, 0.25) is 5.91 Å². The molecule has 7 nitrogen and oxygen atoms in total. The molecule has 0 bridgehead atoms. The van der Waals surface area contributed by atoms with Crippen molar-refractivity contribution < 1.29 is 29.7 Å². The van der Waals surface area contributed by atoms with Crippen LogP contribution in [-0.2, 0) is 14.4 Å². The number of rotatable bonds is 8. The Labute approximate surface area is 209 Å². The molecule has 0 aromatic heterocycles. The van der Waals surface area contributed by atoms with Gasteiger partial charge in [-0.25, -0.2) is 0 Å². The van der Waals surface area contributed by atoms with E-state index in [1.807, 2.05) is 0 Å². The van der Waals surface area contributed by atoms with E-state index in [9.17, 15) is 19.5 Å². The van der Waals surface area contributed by atoms with E-state index in [4.69, 9.17) is 10.2 Å². The molecule has 4 aliphatic carbocycles. The predicted octanol–water partition coefficient (Wildman–Crippen LogP) is 4.47. The summed E-state index contributed by atoms with van der Waals surface area (Å²) < 4.78 is 0. The number of aliphatic hydroxyl groups excluding tert-OH is 1. The molecule has 0 spiro atoms. The van der Waals surface area contributed by atoms with Crippen molar-refractivity contribution in [3.63, 3.8) is 0 Å². The molecule has 0 heterocycles. The molecule has 0 saturated heterocycles. The number of carbonyl (C=O) groups is 3. The summed E-state index contributed by atoms with van der Waals surface area (Å²) in [7, 11) is 0. The van der Waals surface area contributed by atoms with Gasteiger partial charge in [-0.15, -0.1) is 0 Å². The second-order valence-corrected chi connectivity index (χ2v) is 12.8. The van der Waals surface area contributed by atoms with Gasteiger partial charge in [-0.2, -0.15) is 0 Å². The highest BCUT2D eigenvalue weighted by Gasteiger charge is 2.63. The maximum Gasteiger partial charge on any atom is 0.303 e. The molecule has 10 atom stereocenters. The fourth-order valence-corrected chi connectivity index (χ4v) is 9.39. The van der Waals surface area contributed by atoms with E-state index >= 15 is 0 Å². The minimum Gasteiger partial charge on any atom is -0.481 e. The van der Waals surface area contributed by atoms with E-state index in [0.29, 0.717) is 41.9 Å². The summed E-state index contributed by atoms with van der Waals surface area (Å²) in [5.41, 5.74) is 0.0398. The molecule has 4 N–H and O–H groups in total. The van der Waals surface area contributed by atoms with Gasteiger partial charge in [0.15, 0.2) is 0 Å². The molecule has 0 aromatic carbocycles. The van der Waals surface area contributed by atoms with Crippen LogP contribution in [-0.4, -0.2) is 45.3 Å². The Hall–Kier alpha value is -1.63. The summed E-state index contributed by atoms with van der Waals surface area (Å²) in [4.78, 5) is 34.1. The number of fused-ring (bicyclic) bond motifs is 5. The highest BCUT2D eigenvalue weighted by molar-refractivity contribution is 5.80. The van der Waals surface area contributed by atoms with Crippen LogP contribution in [0.5, 0.6) is 0 Å². The predicted molar refractivity (Wildman–Crippen MR) is 131 cm³/mol. The van der Waals surface area contributed by atoms with Crippen LogP contribution in [0, 0.1) is 46.3 Å². The Balaban J connectivity index is 1.43. The van der Waals surface area contributed by atoms with Crippen LogP contribution in [0.2, 0.25) is 0 Å². The third-order valence-corrected chi connectivity index (χ3v) is 11.3. The van der Waals surface area contributed by atoms with Crippen molar-refractivity contribution in [3.8, 4) is 0 Å². The van der Waals surface area contributed by atoms with Crippen LogP contribution in [0.15, 0.2) is 0 Å². The van der Waals surface area contributed by atoms with Gasteiger partial charge >= 0.3 is 11.9 Å². The minimum absolute atomic E-state index is 0.0387. The van der Waals surface area contributed by atoms with E-state index in [1.165, 1.54) is 6.42 Å². The first-order valence-corrected chi connectivity index (χ1v) is 13.9. The topological polar surface area (TPSA) is 124 Å². The maximum atomic E-state index is 12.2. The molecule has 3 unspecified atom stereocenters. The Morgan fingerprint density at radius 3 is 2.31 bits per heavy atom. The highest BCUT2D eigenvalue weighted by Crippen LogP contribution is 2.68. The van der Waals surface area contributed by atoms with Gasteiger partial charge < -0.3 is 20.6 Å². The van der Waals surface area contributed by atoms with Crippen molar-refractivity contribution in [2.45, 2.75) is 110 Å². The number of hydrogen-bond acceptors (Lipinski definition) is 4. The van der Waals surface area contributed by atoms with Crippen LogP contribution in [0.25, 0.3) is 0 Å². The lowest BCUT2D eigenvalue weighted by Gasteiger charge is -2.62. The van der Waals surface area contributed by atoms with Crippen LogP contribution >= 0.6 is 0 Å². The monoisotopic (exact) mass is 491 g/mol. The first kappa shape index (κ1) is 26.4. The molecular weight excluding hydrogens is 446 g/mol. The lowest BCUT2D eigenvalue weighted by atomic mass is 9.43. The number of hydrogen-bond donors (Lipinski definition) is 4. The molecule has 35 heavy (non-hydrogen) atoms. The molecule has 4 fully saturated rings. The van der Waals surface area contributed by atoms with Crippen molar-refractivity contribution in [1.29, 1.82) is 0 Å². The smallest absolute Gasteiger partial charge is 0.303 e. The van der Waals surface area contributed by atoms with E-state index in [0.717, 1.165) is 44.9 Å². The molecule has 0 aromatic rings. The zero-order valence-electron chi connectivity index (χ0n) is 21.7. The fraction of sp³-hybridized carbons (Fsp3) is 0.893. The largest absolute Gasteiger partial charge is 0.481 e. The third kappa shape index (κ3) is 4.86. The van der Waals surface area contributed by atoms with E-state index in [2.05, 4.69) is 26.1 Å². The van der Waals surface area contributed by atoms with Crippen LogP contribution in [0.3, 0.4) is 0 Å². The SMILES string of the molecule is C[C@H](CCC(=O)O)[C@H]1CCC2C3CC[C@@H]4C[C@@H](NC(=O)CCC(=O)O)CC[C@]4(C)C3C[C@H](O)[C@@]21C. The fourth-order valence-electron chi connectivity index (χ4n) is 9.39. The van der Waals surface area contributed by atoms with Crippen LogP contribution < -0.4 is 5.32 Å². The highest BCUT2D eigenvalue weighted by atomic mass is 16.4. The number of amides is 1. The summed E-state index contributed by atoms with van der Waals surface area (Å²) in [6.07, 6.45) is 8.75. The number of aliphatic carboxylic acids is 2. The van der Waals surface area contributed by atoms with Gasteiger partial charge in [-0.1, -0.05) is 20.8 Å². The van der Waals surface area contributed by atoms with Crippen molar-refractivity contribution in [1.82, 2.24) is 5.32 Å². The van der Waals surface area contributed by atoms with Gasteiger partial charge in [-0.05, 0) is 104 Å². The van der Waals surface area contributed by atoms with Crippen molar-refractivity contribution in [2.24, 2.45) is 46.3 Å². The Bertz CT molecular complexity index is 830. The van der Waals surface area contributed by atoms with Crippen molar-refractivity contribution in [2.75, 3.05) is 0 Å². The Morgan fingerprint density at radius 1 is 0.914 bits per heavy atom. The van der Waals surface area contributed by atoms with Gasteiger partial charge in [0.1, 0.15) is 0 Å². The van der Waals surface area contributed by atoms with E-state index < -0.39 is 11.9 Å². The van der Waals surface area contributed by atoms with Crippen LogP contribution in [0.1, 0.15) is 97.8 Å². The van der Waals surface area contributed by atoms with E-state index in [-0.39, 0.29) is 48.1 Å². The summed E-state index contributed by atoms with van der Waals surface area (Å²) in [6, 6.07) is 0.121. The average Bonchev–Trinajstić information content (AvgIpc) is 3.16. The molecule has 4 aliphatic rings. The number of nitrogens with one attached hydrogen (secondary N) is 1. The molecule has 0 aliphatic heterocycles. The molecular formula is C28H45NO6. The zero-order valence-corrected chi connectivity index (χ0v) is 21.7. The summed E-state index contributed by atoms with van der Waals surface area (Å²) in [5, 5.41) is 32.7. The lowest BCUT2D eigenvalue weighted by molar-refractivity contribution is -0.170. The molecule has 4 rings (SSSR count). The standard InChI is InChI=1S/C28H45NO6/c1-16(4-10-25(32)33)20-7-8-21-19-6-5-17-14-18(29-24(31)9-11-26(34)35)12-13-27(17,2)22(19)15-23(30)28(20,21)3/h16-23,30H,4-15H2,1-3H3,(H,29,31)(H,32,33)(H,34,35)/t16-,17-,18+,19?,20-,21?,22?,23+,27+,28-/m1/s1. The quantitative estimate of drug-likeness (QED) is 0.397. The maximum absolute atomic E-state index is 12.2. The zero-order chi connectivity index (χ0) is 25.5. The van der Waals surface area contributed by atoms with Gasteiger partial charge in [0, 0.05) is 18.9 Å². The van der Waals surface area contributed by atoms with Crippen molar-refractivity contribution >= 4 is 17.8 Å². The van der Waals surface area contributed by atoms with Crippen molar-refractivity contribution in [3.05, 3.63) is 0 Å². The molecule has 4 saturated carbocycles. The summed E-state index contributed by atoms with van der Waals surface area (Å²) in [6.45, 7) is 6.91. The lowest BCUT2D eigenvalue weighted by Crippen LogP contribution is -2.59. The summed E-state index contributed by atoms with van der Waals surface area (Å²) in [5.74, 6) is 0.972. The second-order valence-electron chi connectivity index (χ2n) is 12.8. The third-order valence-electron chi connectivity index (χ3n) is 11.3. The first-order chi connectivity index (χ1) is 16.5. The number of carbonyl (C=O) groups excluding carboxylic acids is 1. The molecule has 0 radical (unpaired) electrons.